The Hall–Kier alpha value is -2.73. The SMILES string of the molecule is COc1ccc(C(=O)N(O)[C@H]2CC[C@@H](c3ccc(O)cc3O)CC2)cc1. The Kier molecular flexibility index (Phi) is 5.32. The highest BCUT2D eigenvalue weighted by molar-refractivity contribution is 5.93. The molecule has 0 saturated heterocycles. The van der Waals surface area contributed by atoms with Gasteiger partial charge in [0.15, 0.2) is 0 Å². The summed E-state index contributed by atoms with van der Waals surface area (Å²) in [4.78, 5) is 12.5. The topological polar surface area (TPSA) is 90.2 Å². The molecule has 6 heteroatoms. The zero-order valence-electron chi connectivity index (χ0n) is 14.6. The van der Waals surface area contributed by atoms with E-state index in [0.717, 1.165) is 23.5 Å². The summed E-state index contributed by atoms with van der Waals surface area (Å²) in [5.74, 6) is 0.496. The number of hydroxylamine groups is 2. The van der Waals surface area contributed by atoms with Crippen molar-refractivity contribution in [3.63, 3.8) is 0 Å². The first-order valence-electron chi connectivity index (χ1n) is 8.68. The molecule has 0 spiro atoms. The molecular formula is C20H23NO5. The lowest BCUT2D eigenvalue weighted by atomic mass is 9.81. The molecule has 0 aliphatic heterocycles. The summed E-state index contributed by atoms with van der Waals surface area (Å²) in [5.41, 5.74) is 1.21. The minimum atomic E-state index is -0.427. The van der Waals surface area contributed by atoms with Crippen LogP contribution in [0.1, 0.15) is 47.5 Å². The van der Waals surface area contributed by atoms with Gasteiger partial charge in [-0.15, -0.1) is 0 Å². The van der Waals surface area contributed by atoms with Gasteiger partial charge in [-0.3, -0.25) is 10.0 Å². The van der Waals surface area contributed by atoms with E-state index in [2.05, 4.69) is 0 Å². The Balaban J connectivity index is 1.62. The second-order valence-electron chi connectivity index (χ2n) is 6.63. The van der Waals surface area contributed by atoms with Crippen LogP contribution in [0.15, 0.2) is 42.5 Å². The van der Waals surface area contributed by atoms with Gasteiger partial charge in [0.25, 0.3) is 5.91 Å². The average molecular weight is 357 g/mol. The third-order valence-corrected chi connectivity index (χ3v) is 5.04. The fourth-order valence-electron chi connectivity index (χ4n) is 3.54. The van der Waals surface area contributed by atoms with Gasteiger partial charge in [0.05, 0.1) is 13.2 Å². The largest absolute Gasteiger partial charge is 0.508 e. The summed E-state index contributed by atoms with van der Waals surface area (Å²) in [6.45, 7) is 0. The molecule has 2 aromatic rings. The molecule has 1 saturated carbocycles. The van der Waals surface area contributed by atoms with Crippen molar-refractivity contribution in [1.82, 2.24) is 5.06 Å². The first kappa shape index (κ1) is 18.1. The van der Waals surface area contributed by atoms with Crippen LogP contribution in [0.25, 0.3) is 0 Å². The quantitative estimate of drug-likeness (QED) is 0.574. The summed E-state index contributed by atoms with van der Waals surface area (Å²) in [6.07, 6.45) is 2.78. The second-order valence-corrected chi connectivity index (χ2v) is 6.63. The van der Waals surface area contributed by atoms with Crippen molar-refractivity contribution >= 4 is 5.91 Å². The molecule has 2 aromatic carbocycles. The lowest BCUT2D eigenvalue weighted by Crippen LogP contribution is -2.39. The highest BCUT2D eigenvalue weighted by Gasteiger charge is 2.30. The molecule has 3 N–H and O–H groups in total. The lowest BCUT2D eigenvalue weighted by Gasteiger charge is -2.33. The number of methoxy groups -OCH3 is 1. The van der Waals surface area contributed by atoms with Crippen molar-refractivity contribution in [2.24, 2.45) is 0 Å². The summed E-state index contributed by atoms with van der Waals surface area (Å²) >= 11 is 0. The molecule has 138 valence electrons. The number of nitrogens with zero attached hydrogens (tertiary/aromatic N) is 1. The molecule has 1 amide bonds. The van der Waals surface area contributed by atoms with Crippen LogP contribution >= 0.6 is 0 Å². The van der Waals surface area contributed by atoms with E-state index < -0.39 is 5.91 Å². The Morgan fingerprint density at radius 3 is 2.27 bits per heavy atom. The number of benzene rings is 2. The minimum absolute atomic E-state index is 0.0338. The molecule has 0 atom stereocenters. The molecule has 0 aromatic heterocycles. The number of amides is 1. The maximum Gasteiger partial charge on any atom is 0.277 e. The van der Waals surface area contributed by atoms with Gasteiger partial charge in [0.1, 0.15) is 17.2 Å². The van der Waals surface area contributed by atoms with E-state index >= 15 is 0 Å². The van der Waals surface area contributed by atoms with Crippen molar-refractivity contribution in [2.75, 3.05) is 7.11 Å². The van der Waals surface area contributed by atoms with E-state index in [1.807, 2.05) is 0 Å². The molecule has 26 heavy (non-hydrogen) atoms. The third kappa shape index (κ3) is 3.75. The number of hydrogen-bond acceptors (Lipinski definition) is 5. The van der Waals surface area contributed by atoms with Gasteiger partial charge < -0.3 is 14.9 Å². The predicted molar refractivity (Wildman–Crippen MR) is 95.7 cm³/mol. The average Bonchev–Trinajstić information content (AvgIpc) is 2.67. The van der Waals surface area contributed by atoms with E-state index in [9.17, 15) is 20.2 Å². The molecule has 1 aliphatic rings. The van der Waals surface area contributed by atoms with Crippen LogP contribution < -0.4 is 4.74 Å². The van der Waals surface area contributed by atoms with E-state index in [1.54, 1.807) is 43.5 Å². The van der Waals surface area contributed by atoms with E-state index in [1.165, 1.54) is 6.07 Å². The molecular weight excluding hydrogens is 334 g/mol. The van der Waals surface area contributed by atoms with Crippen molar-refractivity contribution in [3.05, 3.63) is 53.6 Å². The van der Waals surface area contributed by atoms with Crippen molar-refractivity contribution < 1.29 is 25.0 Å². The summed E-state index contributed by atoms with van der Waals surface area (Å²) in [5, 5.41) is 30.6. The van der Waals surface area contributed by atoms with Crippen LogP contribution in [0, 0.1) is 0 Å². The molecule has 3 rings (SSSR count). The predicted octanol–water partition coefficient (Wildman–Crippen LogP) is 3.66. The molecule has 0 unspecified atom stereocenters. The molecule has 0 radical (unpaired) electrons. The molecule has 0 heterocycles. The van der Waals surface area contributed by atoms with Crippen LogP contribution in [-0.2, 0) is 0 Å². The lowest BCUT2D eigenvalue weighted by molar-refractivity contribution is -0.0974. The first-order valence-corrected chi connectivity index (χ1v) is 8.68. The Morgan fingerprint density at radius 1 is 1.04 bits per heavy atom. The number of phenolic OH excluding ortho intramolecular Hbond substituents is 2. The van der Waals surface area contributed by atoms with E-state index in [0.29, 0.717) is 24.2 Å². The van der Waals surface area contributed by atoms with Crippen LogP contribution in [0.3, 0.4) is 0 Å². The highest BCUT2D eigenvalue weighted by Crippen LogP contribution is 2.39. The smallest absolute Gasteiger partial charge is 0.277 e. The number of carbonyl (C=O) groups excluding carboxylic acids is 1. The molecule has 1 aliphatic carbocycles. The Labute approximate surface area is 152 Å². The van der Waals surface area contributed by atoms with Gasteiger partial charge >= 0.3 is 0 Å². The Bertz CT molecular complexity index is 766. The number of phenols is 2. The number of rotatable bonds is 4. The van der Waals surface area contributed by atoms with Crippen LogP contribution in [-0.4, -0.2) is 39.5 Å². The summed E-state index contributed by atoms with van der Waals surface area (Å²) < 4.78 is 5.07. The normalized spacial score (nSPS) is 19.8. The zero-order chi connectivity index (χ0) is 18.7. The van der Waals surface area contributed by atoms with Crippen LogP contribution in [0.4, 0.5) is 0 Å². The monoisotopic (exact) mass is 357 g/mol. The fourth-order valence-corrected chi connectivity index (χ4v) is 3.54. The third-order valence-electron chi connectivity index (χ3n) is 5.04. The second kappa shape index (κ2) is 7.66. The van der Waals surface area contributed by atoms with Gasteiger partial charge in [-0.05, 0) is 67.5 Å². The van der Waals surface area contributed by atoms with Crippen LogP contribution in [0.2, 0.25) is 0 Å². The maximum atomic E-state index is 12.5. The standard InChI is InChI=1S/C20H23NO5/c1-26-17-9-4-14(5-10-17)20(24)21(25)15-6-2-13(3-7-15)18-11-8-16(22)12-19(18)23/h4-5,8-13,15,22-23,25H,2-3,6-7H2,1H3/t13-,15+. The molecule has 0 bridgehead atoms. The van der Waals surface area contributed by atoms with Gasteiger partial charge in [0, 0.05) is 11.6 Å². The van der Waals surface area contributed by atoms with Gasteiger partial charge in [-0.1, -0.05) is 6.07 Å². The fraction of sp³-hybridized carbons (Fsp3) is 0.350. The number of hydrogen-bond donors (Lipinski definition) is 3. The van der Waals surface area contributed by atoms with Gasteiger partial charge in [-0.25, -0.2) is 5.06 Å². The maximum absolute atomic E-state index is 12.5. The van der Waals surface area contributed by atoms with E-state index in [4.69, 9.17) is 4.74 Å². The number of ether oxygens (including phenoxy) is 1. The van der Waals surface area contributed by atoms with Crippen LogP contribution in [0.5, 0.6) is 17.2 Å². The van der Waals surface area contributed by atoms with E-state index in [-0.39, 0.29) is 23.5 Å². The van der Waals surface area contributed by atoms with Crippen molar-refractivity contribution in [3.8, 4) is 17.2 Å². The Morgan fingerprint density at radius 2 is 1.69 bits per heavy atom. The number of aromatic hydroxyl groups is 2. The first-order chi connectivity index (χ1) is 12.5. The highest BCUT2D eigenvalue weighted by atomic mass is 16.5. The zero-order valence-corrected chi connectivity index (χ0v) is 14.6. The molecule has 1 fully saturated rings. The van der Waals surface area contributed by atoms with Crippen molar-refractivity contribution in [1.29, 1.82) is 0 Å². The van der Waals surface area contributed by atoms with Gasteiger partial charge in [-0.2, -0.15) is 0 Å². The van der Waals surface area contributed by atoms with Gasteiger partial charge in [0.2, 0.25) is 0 Å². The van der Waals surface area contributed by atoms with Crippen molar-refractivity contribution in [2.45, 2.75) is 37.6 Å². The summed E-state index contributed by atoms with van der Waals surface area (Å²) in [7, 11) is 1.56. The molecule has 6 nitrogen and oxygen atoms in total. The number of carbonyl (C=O) groups is 1. The summed E-state index contributed by atoms with van der Waals surface area (Å²) in [6, 6.07) is 11.0. The minimum Gasteiger partial charge on any atom is -0.508 e.